The fourth-order valence-electron chi connectivity index (χ4n) is 4.45. The highest BCUT2D eigenvalue weighted by atomic mass is 16.6. The zero-order chi connectivity index (χ0) is 14.6. The van der Waals surface area contributed by atoms with E-state index in [2.05, 4.69) is 17.0 Å². The summed E-state index contributed by atoms with van der Waals surface area (Å²) in [5.41, 5.74) is 2.80. The summed E-state index contributed by atoms with van der Waals surface area (Å²) in [5.74, 6) is 1.02. The molecule has 4 rings (SSSR count). The number of ether oxygens (including phenoxy) is 2. The summed E-state index contributed by atoms with van der Waals surface area (Å²) in [4.78, 5) is 14.5. The van der Waals surface area contributed by atoms with Crippen molar-refractivity contribution >= 4 is 5.97 Å². The first-order valence-corrected chi connectivity index (χ1v) is 7.82. The molecule has 1 aromatic rings. The Bertz CT molecular complexity index is 585. The van der Waals surface area contributed by atoms with Crippen LogP contribution in [-0.4, -0.2) is 36.7 Å². The average molecular weight is 287 g/mol. The molecule has 2 saturated heterocycles. The van der Waals surface area contributed by atoms with Gasteiger partial charge >= 0.3 is 5.97 Å². The molecule has 0 aliphatic carbocycles. The van der Waals surface area contributed by atoms with Gasteiger partial charge in [-0.25, -0.2) is 0 Å². The molecule has 3 aliphatic rings. The van der Waals surface area contributed by atoms with Gasteiger partial charge in [-0.15, -0.1) is 0 Å². The monoisotopic (exact) mass is 287 g/mol. The summed E-state index contributed by atoms with van der Waals surface area (Å²) in [7, 11) is 1.71. The number of carbonyl (C=O) groups is 1. The second-order valence-electron chi connectivity index (χ2n) is 6.38. The topological polar surface area (TPSA) is 38.8 Å². The number of hydrogen-bond donors (Lipinski definition) is 0. The van der Waals surface area contributed by atoms with Crippen molar-refractivity contribution in [1.82, 2.24) is 4.90 Å². The number of hydrogen-bond acceptors (Lipinski definition) is 4. The summed E-state index contributed by atoms with van der Waals surface area (Å²) in [6.45, 7) is 3.04. The molecular weight excluding hydrogens is 266 g/mol. The van der Waals surface area contributed by atoms with E-state index in [0.29, 0.717) is 6.04 Å². The summed E-state index contributed by atoms with van der Waals surface area (Å²) in [5, 5.41) is 0. The molecule has 0 amide bonds. The Morgan fingerprint density at radius 3 is 3.00 bits per heavy atom. The molecule has 0 bridgehead atoms. The fourth-order valence-corrected chi connectivity index (χ4v) is 4.45. The van der Waals surface area contributed by atoms with Crippen LogP contribution in [0.3, 0.4) is 0 Å². The summed E-state index contributed by atoms with van der Waals surface area (Å²) >= 11 is 0. The molecule has 1 aromatic carbocycles. The van der Waals surface area contributed by atoms with Gasteiger partial charge in [0.05, 0.1) is 19.1 Å². The Morgan fingerprint density at radius 2 is 2.19 bits per heavy atom. The number of piperidine rings is 1. The molecular formula is C17H21NO3. The van der Waals surface area contributed by atoms with Crippen molar-refractivity contribution in [3.8, 4) is 5.75 Å². The minimum atomic E-state index is 0.00600. The van der Waals surface area contributed by atoms with Crippen molar-refractivity contribution in [3.63, 3.8) is 0 Å². The van der Waals surface area contributed by atoms with E-state index in [1.54, 1.807) is 7.11 Å². The Morgan fingerprint density at radius 1 is 1.33 bits per heavy atom. The Labute approximate surface area is 125 Å². The molecule has 4 nitrogen and oxygen atoms in total. The van der Waals surface area contributed by atoms with Crippen LogP contribution in [0.4, 0.5) is 0 Å². The zero-order valence-electron chi connectivity index (χ0n) is 12.5. The summed E-state index contributed by atoms with van der Waals surface area (Å²) in [6, 6.07) is 7.10. The van der Waals surface area contributed by atoms with E-state index in [0.717, 1.165) is 31.6 Å². The number of nitrogens with zero attached hydrogens (tertiary/aromatic N) is 1. The van der Waals surface area contributed by atoms with E-state index < -0.39 is 0 Å². The van der Waals surface area contributed by atoms with Crippen molar-refractivity contribution in [2.24, 2.45) is 5.92 Å². The normalized spacial score (nSPS) is 34.7. The van der Waals surface area contributed by atoms with Crippen molar-refractivity contribution in [1.29, 1.82) is 0 Å². The maximum atomic E-state index is 12.0. The van der Waals surface area contributed by atoms with Crippen LogP contribution in [-0.2, 0) is 16.0 Å². The lowest BCUT2D eigenvalue weighted by Crippen LogP contribution is -2.52. The highest BCUT2D eigenvalue weighted by Crippen LogP contribution is 2.46. The molecule has 3 aliphatic heterocycles. The maximum Gasteiger partial charge on any atom is 0.310 e. The van der Waals surface area contributed by atoms with E-state index >= 15 is 0 Å². The third kappa shape index (κ3) is 1.89. The molecule has 0 radical (unpaired) electrons. The van der Waals surface area contributed by atoms with Gasteiger partial charge in [-0.1, -0.05) is 6.07 Å². The minimum Gasteiger partial charge on any atom is -0.497 e. The molecule has 4 atom stereocenters. The lowest BCUT2D eigenvalue weighted by atomic mass is 9.79. The largest absolute Gasteiger partial charge is 0.497 e. The smallest absolute Gasteiger partial charge is 0.310 e. The van der Waals surface area contributed by atoms with Gasteiger partial charge in [0.25, 0.3) is 0 Å². The Kier molecular flexibility index (Phi) is 2.96. The number of fused-ring (bicyclic) bond motifs is 5. The van der Waals surface area contributed by atoms with Crippen LogP contribution in [0.25, 0.3) is 0 Å². The number of methoxy groups -OCH3 is 1. The van der Waals surface area contributed by atoms with Crippen LogP contribution in [0.5, 0.6) is 5.75 Å². The van der Waals surface area contributed by atoms with Crippen LogP contribution in [0.2, 0.25) is 0 Å². The predicted molar refractivity (Wildman–Crippen MR) is 78.2 cm³/mol. The van der Waals surface area contributed by atoms with Crippen LogP contribution >= 0.6 is 0 Å². The van der Waals surface area contributed by atoms with Crippen LogP contribution in [0, 0.1) is 5.92 Å². The SMILES string of the molecule is COc1ccc2c(c1)CCN1[C@@H]3[C@@H](C)OC(=O)[C@@H]3CC[C@H]21. The molecule has 0 spiro atoms. The maximum absolute atomic E-state index is 12.0. The van der Waals surface area contributed by atoms with Crippen LogP contribution in [0.1, 0.15) is 36.9 Å². The standard InChI is InChI=1S/C17H21NO3/c1-10-16-14(17(19)21-10)5-6-15-13-4-3-12(20-2)9-11(13)7-8-18(15)16/h3-4,9-10,14-16H,5-8H2,1-2H3/t10-,14-,15-,16-/m1/s1. The molecule has 3 heterocycles. The average Bonchev–Trinajstić information content (AvgIpc) is 2.81. The summed E-state index contributed by atoms with van der Waals surface area (Å²) in [6.07, 6.45) is 3.03. The second kappa shape index (κ2) is 4.73. The lowest BCUT2D eigenvalue weighted by molar-refractivity contribution is -0.144. The highest BCUT2D eigenvalue weighted by Gasteiger charge is 2.51. The number of cyclic esters (lactones) is 1. The number of benzene rings is 1. The fraction of sp³-hybridized carbons (Fsp3) is 0.588. The first-order chi connectivity index (χ1) is 10.2. The van der Waals surface area contributed by atoms with Gasteiger partial charge in [0.1, 0.15) is 11.9 Å². The predicted octanol–water partition coefficient (Wildman–Crippen LogP) is 2.32. The van der Waals surface area contributed by atoms with Crippen molar-refractivity contribution in [2.75, 3.05) is 13.7 Å². The third-order valence-corrected chi connectivity index (χ3v) is 5.38. The molecule has 0 unspecified atom stereocenters. The number of esters is 1. The van der Waals surface area contributed by atoms with E-state index in [9.17, 15) is 4.79 Å². The molecule has 4 heteroatoms. The minimum absolute atomic E-state index is 0.00600. The molecule has 2 fully saturated rings. The lowest BCUT2D eigenvalue weighted by Gasteiger charge is -2.46. The Hall–Kier alpha value is -1.55. The first-order valence-electron chi connectivity index (χ1n) is 7.82. The van der Waals surface area contributed by atoms with Gasteiger partial charge in [0.2, 0.25) is 0 Å². The molecule has 0 saturated carbocycles. The van der Waals surface area contributed by atoms with E-state index in [-0.39, 0.29) is 24.0 Å². The molecule has 21 heavy (non-hydrogen) atoms. The van der Waals surface area contributed by atoms with Gasteiger partial charge < -0.3 is 9.47 Å². The number of rotatable bonds is 1. The molecule has 0 N–H and O–H groups in total. The summed E-state index contributed by atoms with van der Waals surface area (Å²) < 4.78 is 10.8. The van der Waals surface area contributed by atoms with Gasteiger partial charge in [-0.05, 0) is 49.4 Å². The van der Waals surface area contributed by atoms with Gasteiger partial charge in [-0.2, -0.15) is 0 Å². The van der Waals surface area contributed by atoms with Crippen molar-refractivity contribution in [3.05, 3.63) is 29.3 Å². The van der Waals surface area contributed by atoms with Crippen LogP contribution in [0.15, 0.2) is 18.2 Å². The van der Waals surface area contributed by atoms with Gasteiger partial charge in [0, 0.05) is 12.6 Å². The third-order valence-electron chi connectivity index (χ3n) is 5.38. The van der Waals surface area contributed by atoms with Crippen molar-refractivity contribution < 1.29 is 14.3 Å². The van der Waals surface area contributed by atoms with E-state index in [4.69, 9.17) is 9.47 Å². The molecule has 112 valence electrons. The van der Waals surface area contributed by atoms with Gasteiger partial charge in [-0.3, -0.25) is 9.69 Å². The first kappa shape index (κ1) is 13.1. The Balaban J connectivity index is 1.69. The number of carbonyl (C=O) groups excluding carboxylic acids is 1. The molecule has 0 aromatic heterocycles. The quantitative estimate of drug-likeness (QED) is 0.743. The zero-order valence-corrected chi connectivity index (χ0v) is 12.5. The van der Waals surface area contributed by atoms with Crippen LogP contribution < -0.4 is 4.74 Å². The van der Waals surface area contributed by atoms with Crippen molar-refractivity contribution in [2.45, 2.75) is 44.4 Å². The second-order valence-corrected chi connectivity index (χ2v) is 6.38. The van der Waals surface area contributed by atoms with E-state index in [1.807, 2.05) is 13.0 Å². The van der Waals surface area contributed by atoms with E-state index in [1.165, 1.54) is 11.1 Å². The highest BCUT2D eigenvalue weighted by molar-refractivity contribution is 5.76. The van der Waals surface area contributed by atoms with Gasteiger partial charge in [0.15, 0.2) is 0 Å².